The van der Waals surface area contributed by atoms with Crippen molar-refractivity contribution in [3.05, 3.63) is 28.7 Å². The van der Waals surface area contributed by atoms with E-state index < -0.39 is 15.8 Å². The van der Waals surface area contributed by atoms with Crippen molar-refractivity contribution in [3.8, 4) is 0 Å². The van der Waals surface area contributed by atoms with Gasteiger partial charge in [-0.1, -0.05) is 15.9 Å². The zero-order valence-electron chi connectivity index (χ0n) is 9.84. The third-order valence-electron chi connectivity index (χ3n) is 2.32. The molecule has 0 atom stereocenters. The SMILES string of the molecule is CN(CCS(=O)(=O)c1ccc(Br)cc1)CC(=O)O. The molecule has 0 unspecified atom stereocenters. The van der Waals surface area contributed by atoms with Crippen LogP contribution in [-0.2, 0) is 14.6 Å². The predicted molar refractivity (Wildman–Crippen MR) is 71.3 cm³/mol. The maximum Gasteiger partial charge on any atom is 0.317 e. The van der Waals surface area contributed by atoms with Gasteiger partial charge >= 0.3 is 5.97 Å². The zero-order valence-corrected chi connectivity index (χ0v) is 12.2. The van der Waals surface area contributed by atoms with E-state index in [9.17, 15) is 13.2 Å². The molecule has 7 heteroatoms. The first-order valence-electron chi connectivity index (χ1n) is 5.20. The van der Waals surface area contributed by atoms with Gasteiger partial charge in [-0.15, -0.1) is 0 Å². The lowest BCUT2D eigenvalue weighted by Crippen LogP contribution is -2.30. The van der Waals surface area contributed by atoms with E-state index in [0.717, 1.165) is 4.47 Å². The van der Waals surface area contributed by atoms with Crippen LogP contribution in [0.2, 0.25) is 0 Å². The van der Waals surface area contributed by atoms with Crippen LogP contribution in [0.25, 0.3) is 0 Å². The molecule has 0 saturated heterocycles. The molecule has 0 saturated carbocycles. The average molecular weight is 336 g/mol. The summed E-state index contributed by atoms with van der Waals surface area (Å²) in [7, 11) is -1.79. The second-order valence-electron chi connectivity index (χ2n) is 3.90. The molecule has 0 aromatic heterocycles. The highest BCUT2D eigenvalue weighted by molar-refractivity contribution is 9.10. The van der Waals surface area contributed by atoms with Crippen molar-refractivity contribution in [1.29, 1.82) is 0 Å². The van der Waals surface area contributed by atoms with E-state index in [4.69, 9.17) is 5.11 Å². The zero-order chi connectivity index (χ0) is 13.8. The summed E-state index contributed by atoms with van der Waals surface area (Å²) in [6, 6.07) is 6.37. The van der Waals surface area contributed by atoms with Crippen LogP contribution in [0.5, 0.6) is 0 Å². The molecule has 0 heterocycles. The summed E-state index contributed by atoms with van der Waals surface area (Å²) in [4.78, 5) is 12.1. The van der Waals surface area contributed by atoms with Crippen LogP contribution in [0, 0.1) is 0 Å². The Hall–Kier alpha value is -0.920. The monoisotopic (exact) mass is 335 g/mol. The molecule has 1 rings (SSSR count). The van der Waals surface area contributed by atoms with Crippen LogP contribution < -0.4 is 0 Å². The van der Waals surface area contributed by atoms with Crippen molar-refractivity contribution in [3.63, 3.8) is 0 Å². The normalized spacial score (nSPS) is 11.7. The maximum atomic E-state index is 11.9. The number of nitrogens with zero attached hydrogens (tertiary/aromatic N) is 1. The summed E-state index contributed by atoms with van der Waals surface area (Å²) in [5.41, 5.74) is 0. The Morgan fingerprint density at radius 1 is 1.33 bits per heavy atom. The van der Waals surface area contributed by atoms with Gasteiger partial charge in [-0.3, -0.25) is 9.69 Å². The molecule has 0 amide bonds. The number of hydrogen-bond donors (Lipinski definition) is 1. The molecule has 1 aromatic rings. The molecule has 0 spiro atoms. The molecule has 1 N–H and O–H groups in total. The number of halogens is 1. The fourth-order valence-corrected chi connectivity index (χ4v) is 2.95. The molecule has 100 valence electrons. The van der Waals surface area contributed by atoms with E-state index in [2.05, 4.69) is 15.9 Å². The lowest BCUT2D eigenvalue weighted by Gasteiger charge is -2.13. The topological polar surface area (TPSA) is 74.7 Å². The highest BCUT2D eigenvalue weighted by atomic mass is 79.9. The van der Waals surface area contributed by atoms with Gasteiger partial charge in [0.2, 0.25) is 0 Å². The number of hydrogen-bond acceptors (Lipinski definition) is 4. The van der Waals surface area contributed by atoms with E-state index in [1.165, 1.54) is 17.0 Å². The molecule has 0 radical (unpaired) electrons. The highest BCUT2D eigenvalue weighted by Gasteiger charge is 2.15. The van der Waals surface area contributed by atoms with Crippen molar-refractivity contribution < 1.29 is 18.3 Å². The van der Waals surface area contributed by atoms with Gasteiger partial charge in [-0.25, -0.2) is 8.42 Å². The number of rotatable bonds is 6. The maximum absolute atomic E-state index is 11.9. The lowest BCUT2D eigenvalue weighted by molar-refractivity contribution is -0.137. The number of sulfone groups is 1. The molecular formula is C11H14BrNO4S. The summed E-state index contributed by atoms with van der Waals surface area (Å²) in [6.07, 6.45) is 0. The quantitative estimate of drug-likeness (QED) is 0.846. The average Bonchev–Trinajstić information content (AvgIpc) is 2.26. The first-order valence-corrected chi connectivity index (χ1v) is 7.64. The Morgan fingerprint density at radius 3 is 2.39 bits per heavy atom. The van der Waals surface area contributed by atoms with Crippen LogP contribution in [0.1, 0.15) is 0 Å². The molecule has 18 heavy (non-hydrogen) atoms. The molecule has 0 aliphatic heterocycles. The number of aliphatic carboxylic acids is 1. The van der Waals surface area contributed by atoms with Crippen molar-refractivity contribution in [1.82, 2.24) is 4.90 Å². The first-order chi connectivity index (χ1) is 8.31. The summed E-state index contributed by atoms with van der Waals surface area (Å²) >= 11 is 3.23. The van der Waals surface area contributed by atoms with E-state index in [1.807, 2.05) is 0 Å². The predicted octanol–water partition coefficient (Wildman–Crippen LogP) is 1.24. The van der Waals surface area contributed by atoms with Crippen LogP contribution in [0.15, 0.2) is 33.6 Å². The largest absolute Gasteiger partial charge is 0.480 e. The Bertz CT molecular complexity index is 512. The van der Waals surface area contributed by atoms with Gasteiger partial charge < -0.3 is 5.11 Å². The molecule has 0 bridgehead atoms. The molecule has 0 fully saturated rings. The first kappa shape index (κ1) is 15.1. The van der Waals surface area contributed by atoms with Crippen LogP contribution in [0.4, 0.5) is 0 Å². The lowest BCUT2D eigenvalue weighted by atomic mass is 10.4. The van der Waals surface area contributed by atoms with Crippen LogP contribution in [-0.4, -0.2) is 50.3 Å². The Kier molecular flexibility index (Phi) is 5.30. The van der Waals surface area contributed by atoms with Gasteiger partial charge in [0.05, 0.1) is 17.2 Å². The van der Waals surface area contributed by atoms with E-state index in [0.29, 0.717) is 0 Å². The van der Waals surface area contributed by atoms with Crippen LogP contribution >= 0.6 is 15.9 Å². The second kappa shape index (κ2) is 6.31. The van der Waals surface area contributed by atoms with Gasteiger partial charge in [0.25, 0.3) is 0 Å². The Morgan fingerprint density at radius 2 is 1.89 bits per heavy atom. The number of carbonyl (C=O) groups is 1. The van der Waals surface area contributed by atoms with E-state index >= 15 is 0 Å². The number of likely N-dealkylation sites (N-methyl/N-ethyl adjacent to an activating group) is 1. The molecule has 0 aliphatic rings. The van der Waals surface area contributed by atoms with Crippen molar-refractivity contribution in [2.45, 2.75) is 4.90 Å². The third kappa shape index (κ3) is 4.75. The van der Waals surface area contributed by atoms with E-state index in [1.54, 1.807) is 19.2 Å². The van der Waals surface area contributed by atoms with Gasteiger partial charge in [-0.05, 0) is 31.3 Å². The highest BCUT2D eigenvalue weighted by Crippen LogP contribution is 2.15. The summed E-state index contributed by atoms with van der Waals surface area (Å²) in [6.45, 7) is 0.0144. The van der Waals surface area contributed by atoms with Crippen molar-refractivity contribution in [2.24, 2.45) is 0 Å². The fourth-order valence-electron chi connectivity index (χ4n) is 1.35. The number of carboxylic acid groups (broad SMARTS) is 1. The minimum absolute atomic E-state index is 0.0988. The standard InChI is InChI=1S/C11H14BrNO4S/c1-13(8-11(14)15)6-7-18(16,17)10-4-2-9(12)3-5-10/h2-5H,6-8H2,1H3,(H,14,15). The van der Waals surface area contributed by atoms with E-state index in [-0.39, 0.29) is 23.7 Å². The number of carboxylic acids is 1. The number of benzene rings is 1. The van der Waals surface area contributed by atoms with Gasteiger partial charge in [-0.2, -0.15) is 0 Å². The summed E-state index contributed by atoms with van der Waals surface area (Å²) in [5.74, 6) is -1.07. The molecule has 5 nitrogen and oxygen atoms in total. The Labute approximate surface area is 114 Å². The van der Waals surface area contributed by atoms with Gasteiger partial charge in [0, 0.05) is 11.0 Å². The van der Waals surface area contributed by atoms with Crippen LogP contribution in [0.3, 0.4) is 0 Å². The minimum Gasteiger partial charge on any atom is -0.480 e. The summed E-state index contributed by atoms with van der Waals surface area (Å²) < 4.78 is 24.7. The molecule has 0 aliphatic carbocycles. The smallest absolute Gasteiger partial charge is 0.317 e. The molecule has 1 aromatic carbocycles. The van der Waals surface area contributed by atoms with Crippen molar-refractivity contribution >= 4 is 31.7 Å². The Balaban J connectivity index is 2.65. The minimum atomic E-state index is -3.36. The second-order valence-corrected chi connectivity index (χ2v) is 6.93. The third-order valence-corrected chi connectivity index (χ3v) is 4.56. The van der Waals surface area contributed by atoms with Gasteiger partial charge in [0.15, 0.2) is 9.84 Å². The molecular weight excluding hydrogens is 322 g/mol. The summed E-state index contributed by atoms with van der Waals surface area (Å²) in [5, 5.41) is 8.56. The van der Waals surface area contributed by atoms with Gasteiger partial charge in [0.1, 0.15) is 0 Å². The fraction of sp³-hybridized carbons (Fsp3) is 0.364. The van der Waals surface area contributed by atoms with Crippen molar-refractivity contribution in [2.75, 3.05) is 25.9 Å².